The van der Waals surface area contributed by atoms with E-state index < -0.39 is 15.6 Å². The molecule has 2 atom stereocenters. The molecule has 0 saturated carbocycles. The second-order valence-electron chi connectivity index (χ2n) is 5.88. The second kappa shape index (κ2) is 5.35. The molecule has 0 unspecified atom stereocenters. The van der Waals surface area contributed by atoms with E-state index in [1.54, 1.807) is 18.7 Å². The minimum absolute atomic E-state index is 0.0579. The van der Waals surface area contributed by atoms with Gasteiger partial charge in [-0.15, -0.1) is 0 Å². The number of imidazole rings is 1. The van der Waals surface area contributed by atoms with Gasteiger partial charge in [-0.2, -0.15) is 4.31 Å². The number of methoxy groups -OCH3 is 1. The van der Waals surface area contributed by atoms with Crippen molar-refractivity contribution in [3.05, 3.63) is 12.5 Å². The highest BCUT2D eigenvalue weighted by atomic mass is 32.2. The Bertz CT molecular complexity index is 615. The zero-order valence-corrected chi connectivity index (χ0v) is 13.2. The van der Waals surface area contributed by atoms with Gasteiger partial charge in [-0.25, -0.2) is 13.4 Å². The van der Waals surface area contributed by atoms with E-state index in [-0.39, 0.29) is 11.1 Å². The molecule has 118 valence electrons. The van der Waals surface area contributed by atoms with Gasteiger partial charge in [0.15, 0.2) is 5.03 Å². The minimum Gasteiger partial charge on any atom is -0.379 e. The first-order valence-corrected chi connectivity index (χ1v) is 8.54. The molecule has 3 heterocycles. The Morgan fingerprint density at radius 3 is 2.95 bits per heavy atom. The lowest BCUT2D eigenvalue weighted by atomic mass is 9.90. The van der Waals surface area contributed by atoms with Crippen LogP contribution in [0.5, 0.6) is 0 Å². The summed E-state index contributed by atoms with van der Waals surface area (Å²) in [5.74, 6) is 0. The number of nitrogens with zero attached hydrogens (tertiary/aromatic N) is 3. The fourth-order valence-electron chi connectivity index (χ4n) is 3.15. The van der Waals surface area contributed by atoms with Crippen molar-refractivity contribution in [3.63, 3.8) is 0 Å². The van der Waals surface area contributed by atoms with Crippen LogP contribution in [-0.2, 0) is 26.5 Å². The third-order valence-corrected chi connectivity index (χ3v) is 6.03. The monoisotopic (exact) mass is 315 g/mol. The van der Waals surface area contributed by atoms with Crippen molar-refractivity contribution in [2.75, 3.05) is 26.8 Å². The molecule has 0 aromatic carbocycles. The third-order valence-electron chi connectivity index (χ3n) is 4.30. The lowest BCUT2D eigenvalue weighted by Crippen LogP contribution is -2.50. The number of ether oxygens (including phenoxy) is 2. The molecule has 7 nitrogen and oxygen atoms in total. The Balaban J connectivity index is 1.80. The van der Waals surface area contributed by atoms with Crippen LogP contribution >= 0.6 is 0 Å². The molecule has 1 spiro atoms. The summed E-state index contributed by atoms with van der Waals surface area (Å²) in [6.45, 7) is 1.43. The summed E-state index contributed by atoms with van der Waals surface area (Å²) in [5.41, 5.74) is -0.402. The summed E-state index contributed by atoms with van der Waals surface area (Å²) in [4.78, 5) is 3.98. The Morgan fingerprint density at radius 2 is 2.33 bits per heavy atom. The molecule has 0 aliphatic carbocycles. The molecule has 2 aliphatic heterocycles. The van der Waals surface area contributed by atoms with Crippen LogP contribution in [0.4, 0.5) is 0 Å². The lowest BCUT2D eigenvalue weighted by Gasteiger charge is -2.38. The largest absolute Gasteiger partial charge is 0.379 e. The maximum Gasteiger partial charge on any atom is 0.262 e. The van der Waals surface area contributed by atoms with Crippen LogP contribution in [0.15, 0.2) is 17.6 Å². The van der Waals surface area contributed by atoms with E-state index in [9.17, 15) is 8.42 Å². The van der Waals surface area contributed by atoms with Crippen molar-refractivity contribution in [1.29, 1.82) is 0 Å². The van der Waals surface area contributed by atoms with Crippen molar-refractivity contribution >= 4 is 10.0 Å². The lowest BCUT2D eigenvalue weighted by molar-refractivity contribution is -0.0347. The van der Waals surface area contributed by atoms with E-state index in [0.717, 1.165) is 19.3 Å². The van der Waals surface area contributed by atoms with Gasteiger partial charge in [-0.1, -0.05) is 0 Å². The summed E-state index contributed by atoms with van der Waals surface area (Å²) < 4.78 is 39.7. The zero-order chi connectivity index (χ0) is 15.1. The SMILES string of the molecule is CO[C@@H]1CO[C@@]2(CCCN(S(=O)(=O)c3cn(C)cn3)C2)C1. The maximum absolute atomic E-state index is 12.7. The standard InChI is InChI=1S/C13H21N3O4S/c1-15-7-12(14-10-15)21(17,18)16-5-3-4-13(9-16)6-11(19-2)8-20-13/h7,10-11H,3-6,8-9H2,1-2H3/t11-,13-/m0/s1. The van der Waals surface area contributed by atoms with Gasteiger partial charge in [0.2, 0.25) is 0 Å². The van der Waals surface area contributed by atoms with Crippen molar-refractivity contribution in [2.45, 2.75) is 36.0 Å². The molecule has 0 bridgehead atoms. The zero-order valence-electron chi connectivity index (χ0n) is 12.4. The summed E-state index contributed by atoms with van der Waals surface area (Å²) in [7, 11) is -0.126. The molecule has 21 heavy (non-hydrogen) atoms. The van der Waals surface area contributed by atoms with Crippen LogP contribution in [0.25, 0.3) is 0 Å². The molecule has 0 amide bonds. The van der Waals surface area contributed by atoms with Gasteiger partial charge in [0, 0.05) is 39.9 Å². The smallest absolute Gasteiger partial charge is 0.262 e. The topological polar surface area (TPSA) is 73.7 Å². The van der Waals surface area contributed by atoms with Crippen LogP contribution in [0.3, 0.4) is 0 Å². The van der Waals surface area contributed by atoms with E-state index in [1.807, 2.05) is 0 Å². The molecular weight excluding hydrogens is 294 g/mol. The Labute approximate surface area is 124 Å². The number of aryl methyl sites for hydroxylation is 1. The molecule has 0 N–H and O–H groups in total. The number of piperidine rings is 1. The Hall–Kier alpha value is -0.960. The van der Waals surface area contributed by atoms with Gasteiger partial charge in [0.05, 0.1) is 24.6 Å². The van der Waals surface area contributed by atoms with E-state index in [2.05, 4.69) is 4.98 Å². The summed E-state index contributed by atoms with van der Waals surface area (Å²) in [5, 5.41) is 0.100. The molecule has 2 saturated heterocycles. The fraction of sp³-hybridized carbons (Fsp3) is 0.769. The summed E-state index contributed by atoms with van der Waals surface area (Å²) >= 11 is 0. The second-order valence-corrected chi connectivity index (χ2v) is 7.76. The van der Waals surface area contributed by atoms with Gasteiger partial charge >= 0.3 is 0 Å². The first-order valence-electron chi connectivity index (χ1n) is 7.10. The van der Waals surface area contributed by atoms with Crippen molar-refractivity contribution in [2.24, 2.45) is 7.05 Å². The molecule has 0 radical (unpaired) electrons. The minimum atomic E-state index is -3.55. The molecule has 3 rings (SSSR count). The van der Waals surface area contributed by atoms with Crippen LogP contribution in [0.2, 0.25) is 0 Å². The summed E-state index contributed by atoms with van der Waals surface area (Å²) in [6.07, 6.45) is 5.51. The van der Waals surface area contributed by atoms with Crippen LogP contribution in [0.1, 0.15) is 19.3 Å². The molecule has 1 aromatic rings. The molecular formula is C13H21N3O4S. The van der Waals surface area contributed by atoms with E-state index in [4.69, 9.17) is 9.47 Å². The van der Waals surface area contributed by atoms with Crippen LogP contribution < -0.4 is 0 Å². The predicted octanol–water partition coefficient (Wildman–Crippen LogP) is 0.379. The van der Waals surface area contributed by atoms with Crippen molar-refractivity contribution in [3.8, 4) is 0 Å². The van der Waals surface area contributed by atoms with Gasteiger partial charge in [-0.3, -0.25) is 0 Å². The van der Waals surface area contributed by atoms with Gasteiger partial charge in [-0.05, 0) is 12.8 Å². The highest BCUT2D eigenvalue weighted by Crippen LogP contribution is 2.37. The number of aromatic nitrogens is 2. The number of sulfonamides is 1. The quantitative estimate of drug-likeness (QED) is 0.806. The summed E-state index contributed by atoms with van der Waals surface area (Å²) in [6, 6.07) is 0. The first-order chi connectivity index (χ1) is 9.95. The van der Waals surface area contributed by atoms with Crippen molar-refractivity contribution < 1.29 is 17.9 Å². The normalized spacial score (nSPS) is 31.0. The highest BCUT2D eigenvalue weighted by Gasteiger charge is 2.46. The first kappa shape index (κ1) is 15.0. The van der Waals surface area contributed by atoms with Gasteiger partial charge in [0.1, 0.15) is 0 Å². The van der Waals surface area contributed by atoms with E-state index >= 15 is 0 Å². The Kier molecular flexibility index (Phi) is 3.81. The Morgan fingerprint density at radius 1 is 1.52 bits per heavy atom. The number of hydrogen-bond donors (Lipinski definition) is 0. The predicted molar refractivity (Wildman–Crippen MR) is 75.3 cm³/mol. The molecule has 1 aromatic heterocycles. The number of rotatable bonds is 3. The van der Waals surface area contributed by atoms with Crippen molar-refractivity contribution in [1.82, 2.24) is 13.9 Å². The average Bonchev–Trinajstić information content (AvgIpc) is 3.06. The third kappa shape index (κ3) is 2.73. The van der Waals surface area contributed by atoms with Gasteiger partial charge in [0.25, 0.3) is 10.0 Å². The van der Waals surface area contributed by atoms with E-state index in [0.29, 0.717) is 19.7 Å². The van der Waals surface area contributed by atoms with Gasteiger partial charge < -0.3 is 14.0 Å². The van der Waals surface area contributed by atoms with E-state index in [1.165, 1.54) is 16.8 Å². The van der Waals surface area contributed by atoms with Crippen LogP contribution in [0, 0.1) is 0 Å². The molecule has 8 heteroatoms. The molecule has 2 fully saturated rings. The average molecular weight is 315 g/mol. The highest BCUT2D eigenvalue weighted by molar-refractivity contribution is 7.89. The maximum atomic E-state index is 12.7. The fourth-order valence-corrected chi connectivity index (χ4v) is 4.67. The van der Waals surface area contributed by atoms with Crippen LogP contribution in [-0.4, -0.2) is 60.8 Å². The molecule has 2 aliphatic rings. The number of hydrogen-bond acceptors (Lipinski definition) is 5.